The Labute approximate surface area is 156 Å². The second-order valence-electron chi connectivity index (χ2n) is 6.91. The van der Waals surface area contributed by atoms with Gasteiger partial charge in [0.1, 0.15) is 0 Å². The van der Waals surface area contributed by atoms with Gasteiger partial charge < -0.3 is 15.5 Å². The first-order valence-corrected chi connectivity index (χ1v) is 9.66. The number of anilines is 1. The van der Waals surface area contributed by atoms with Crippen LogP contribution in [0.1, 0.15) is 35.2 Å². The molecule has 4 nitrogen and oxygen atoms in total. The Bertz CT molecular complexity index is 678. The van der Waals surface area contributed by atoms with Gasteiger partial charge in [-0.3, -0.25) is 4.79 Å². The molecule has 138 valence electrons. The van der Waals surface area contributed by atoms with Crippen LogP contribution in [-0.2, 0) is 6.42 Å². The van der Waals surface area contributed by atoms with Crippen LogP contribution in [0.15, 0.2) is 54.6 Å². The summed E-state index contributed by atoms with van der Waals surface area (Å²) in [5, 5.41) is 0. The van der Waals surface area contributed by atoms with Gasteiger partial charge in [-0.15, -0.1) is 0 Å². The fraction of sp³-hybridized carbons (Fsp3) is 0.409. The predicted molar refractivity (Wildman–Crippen MR) is 108 cm³/mol. The molecular formula is C22H29N3O. The van der Waals surface area contributed by atoms with Gasteiger partial charge >= 0.3 is 0 Å². The number of rotatable bonds is 7. The third kappa shape index (κ3) is 4.85. The van der Waals surface area contributed by atoms with E-state index < -0.39 is 0 Å². The van der Waals surface area contributed by atoms with E-state index in [2.05, 4.69) is 29.2 Å². The molecule has 1 aliphatic rings. The average molecular weight is 351 g/mol. The molecule has 26 heavy (non-hydrogen) atoms. The number of carbonyl (C=O) groups excluding carboxylic acids is 1. The van der Waals surface area contributed by atoms with Crippen molar-refractivity contribution in [3.63, 3.8) is 0 Å². The number of nitrogens with zero attached hydrogens (tertiary/aromatic N) is 2. The van der Waals surface area contributed by atoms with Gasteiger partial charge in [0.05, 0.1) is 0 Å². The van der Waals surface area contributed by atoms with Crippen LogP contribution >= 0.6 is 0 Å². The van der Waals surface area contributed by atoms with E-state index in [1.165, 1.54) is 30.5 Å². The lowest BCUT2D eigenvalue weighted by Crippen LogP contribution is -2.37. The third-order valence-corrected chi connectivity index (χ3v) is 5.03. The maximum atomic E-state index is 12.9. The Morgan fingerprint density at radius 2 is 1.62 bits per heavy atom. The highest BCUT2D eigenvalue weighted by Crippen LogP contribution is 2.20. The van der Waals surface area contributed by atoms with Crippen molar-refractivity contribution >= 4 is 11.6 Å². The summed E-state index contributed by atoms with van der Waals surface area (Å²) in [5.74, 6) is 0.0663. The summed E-state index contributed by atoms with van der Waals surface area (Å²) in [6.07, 6.45) is 4.68. The van der Waals surface area contributed by atoms with Crippen molar-refractivity contribution < 1.29 is 4.79 Å². The minimum Gasteiger partial charge on any atom is -0.372 e. The highest BCUT2D eigenvalue weighted by molar-refractivity contribution is 5.94. The van der Waals surface area contributed by atoms with E-state index in [4.69, 9.17) is 5.73 Å². The monoisotopic (exact) mass is 351 g/mol. The molecule has 1 aliphatic heterocycles. The molecule has 1 heterocycles. The molecule has 1 saturated heterocycles. The number of piperidine rings is 1. The van der Waals surface area contributed by atoms with Crippen molar-refractivity contribution in [3.8, 4) is 0 Å². The summed E-state index contributed by atoms with van der Waals surface area (Å²) in [6.45, 7) is 3.98. The number of nitrogens with two attached hydrogens (primary N) is 1. The van der Waals surface area contributed by atoms with E-state index in [9.17, 15) is 4.79 Å². The molecule has 0 saturated carbocycles. The Morgan fingerprint density at radius 1 is 0.923 bits per heavy atom. The molecule has 2 aromatic rings. The molecule has 0 aliphatic carbocycles. The van der Waals surface area contributed by atoms with Gasteiger partial charge in [0.25, 0.3) is 5.91 Å². The van der Waals surface area contributed by atoms with Gasteiger partial charge in [0.2, 0.25) is 0 Å². The number of carbonyl (C=O) groups is 1. The van der Waals surface area contributed by atoms with Crippen molar-refractivity contribution in [2.75, 3.05) is 37.6 Å². The van der Waals surface area contributed by atoms with Gasteiger partial charge in [0, 0.05) is 44.0 Å². The zero-order valence-electron chi connectivity index (χ0n) is 15.4. The van der Waals surface area contributed by atoms with Crippen LogP contribution < -0.4 is 10.6 Å². The van der Waals surface area contributed by atoms with Gasteiger partial charge in [-0.05, 0) is 55.5 Å². The molecule has 0 unspecified atom stereocenters. The van der Waals surface area contributed by atoms with Gasteiger partial charge in [0.15, 0.2) is 0 Å². The second kappa shape index (κ2) is 9.39. The first-order chi connectivity index (χ1) is 12.8. The van der Waals surface area contributed by atoms with Crippen LogP contribution in [-0.4, -0.2) is 43.5 Å². The molecule has 0 bridgehead atoms. The molecule has 0 aromatic heterocycles. The number of benzene rings is 2. The minimum absolute atomic E-state index is 0.0663. The second-order valence-corrected chi connectivity index (χ2v) is 6.91. The lowest BCUT2D eigenvalue weighted by Gasteiger charge is -2.29. The summed E-state index contributed by atoms with van der Waals surface area (Å²) in [6, 6.07) is 18.3. The molecular weight excluding hydrogens is 322 g/mol. The molecule has 1 fully saturated rings. The van der Waals surface area contributed by atoms with Gasteiger partial charge in [-0.2, -0.15) is 0 Å². The molecule has 1 amide bonds. The minimum atomic E-state index is 0.0663. The van der Waals surface area contributed by atoms with E-state index in [0.29, 0.717) is 19.6 Å². The highest BCUT2D eigenvalue weighted by atomic mass is 16.2. The van der Waals surface area contributed by atoms with Crippen LogP contribution in [0.3, 0.4) is 0 Å². The standard InChI is InChI=1S/C22H29N3O/c23-14-18-25(17-13-19-7-3-1-4-8-19)22(26)20-9-11-21(12-10-20)24-15-5-2-6-16-24/h1,3-4,7-12H,2,5-6,13-18,23H2. The predicted octanol–water partition coefficient (Wildman–Crippen LogP) is 3.32. The molecule has 0 atom stereocenters. The Hall–Kier alpha value is -2.33. The van der Waals surface area contributed by atoms with Crippen LogP contribution in [0.2, 0.25) is 0 Å². The van der Waals surface area contributed by atoms with E-state index >= 15 is 0 Å². The summed E-state index contributed by atoms with van der Waals surface area (Å²) >= 11 is 0. The Balaban J connectivity index is 1.64. The maximum Gasteiger partial charge on any atom is 0.253 e. The van der Waals surface area contributed by atoms with Crippen LogP contribution in [0.25, 0.3) is 0 Å². The van der Waals surface area contributed by atoms with Crippen LogP contribution in [0.4, 0.5) is 5.69 Å². The largest absolute Gasteiger partial charge is 0.372 e. The number of hydrogen-bond acceptors (Lipinski definition) is 3. The molecule has 2 aromatic carbocycles. The summed E-state index contributed by atoms with van der Waals surface area (Å²) in [5.41, 5.74) is 8.94. The summed E-state index contributed by atoms with van der Waals surface area (Å²) in [4.78, 5) is 17.2. The van der Waals surface area contributed by atoms with Crippen LogP contribution in [0, 0.1) is 0 Å². The lowest BCUT2D eigenvalue weighted by molar-refractivity contribution is 0.0762. The van der Waals surface area contributed by atoms with E-state index in [-0.39, 0.29) is 5.91 Å². The van der Waals surface area contributed by atoms with Crippen molar-refractivity contribution in [2.24, 2.45) is 5.73 Å². The summed E-state index contributed by atoms with van der Waals surface area (Å²) in [7, 11) is 0. The first kappa shape index (κ1) is 18.5. The van der Waals surface area contributed by atoms with Crippen molar-refractivity contribution in [2.45, 2.75) is 25.7 Å². The topological polar surface area (TPSA) is 49.6 Å². The zero-order valence-corrected chi connectivity index (χ0v) is 15.4. The quantitative estimate of drug-likeness (QED) is 0.832. The normalized spacial score (nSPS) is 14.3. The lowest BCUT2D eigenvalue weighted by atomic mass is 10.1. The fourth-order valence-electron chi connectivity index (χ4n) is 3.53. The third-order valence-electron chi connectivity index (χ3n) is 5.03. The average Bonchev–Trinajstić information content (AvgIpc) is 2.72. The summed E-state index contributed by atoms with van der Waals surface area (Å²) < 4.78 is 0. The zero-order chi connectivity index (χ0) is 18.2. The van der Waals surface area contributed by atoms with Crippen molar-refractivity contribution in [1.29, 1.82) is 0 Å². The maximum absolute atomic E-state index is 12.9. The first-order valence-electron chi connectivity index (χ1n) is 9.66. The molecule has 0 spiro atoms. The molecule has 4 heteroatoms. The van der Waals surface area contributed by atoms with Crippen molar-refractivity contribution in [3.05, 3.63) is 65.7 Å². The SMILES string of the molecule is NCCN(CCc1ccccc1)C(=O)c1ccc(N2CCCCC2)cc1. The number of amides is 1. The van der Waals surface area contributed by atoms with Crippen LogP contribution in [0.5, 0.6) is 0 Å². The molecule has 2 N–H and O–H groups in total. The smallest absolute Gasteiger partial charge is 0.253 e. The Morgan fingerprint density at radius 3 is 2.27 bits per heavy atom. The molecule has 3 rings (SSSR count). The fourth-order valence-corrected chi connectivity index (χ4v) is 3.53. The van der Waals surface area contributed by atoms with E-state index in [0.717, 1.165) is 25.1 Å². The van der Waals surface area contributed by atoms with E-state index in [1.54, 1.807) is 0 Å². The van der Waals surface area contributed by atoms with Gasteiger partial charge in [-0.1, -0.05) is 30.3 Å². The van der Waals surface area contributed by atoms with Gasteiger partial charge in [-0.25, -0.2) is 0 Å². The molecule has 0 radical (unpaired) electrons. The van der Waals surface area contributed by atoms with E-state index in [1.807, 2.05) is 35.2 Å². The Kier molecular flexibility index (Phi) is 6.67. The highest BCUT2D eigenvalue weighted by Gasteiger charge is 2.16. The number of hydrogen-bond donors (Lipinski definition) is 1. The van der Waals surface area contributed by atoms with Crippen molar-refractivity contribution in [1.82, 2.24) is 4.90 Å².